The molecule has 0 fully saturated rings. The van der Waals surface area contributed by atoms with Crippen LogP contribution in [0.2, 0.25) is 0 Å². The Balaban J connectivity index is 0. The van der Waals surface area contributed by atoms with Crippen LogP contribution in [-0.2, 0) is 0 Å². The van der Waals surface area contributed by atoms with Crippen molar-refractivity contribution >= 4 is 32.8 Å². The summed E-state index contributed by atoms with van der Waals surface area (Å²) in [5.74, 6) is 0. The van der Waals surface area contributed by atoms with Crippen molar-refractivity contribution in [2.24, 2.45) is 0 Å². The van der Waals surface area contributed by atoms with Gasteiger partial charge in [0, 0.05) is 0 Å². The first-order valence-electron chi connectivity index (χ1n) is 0.333. The SMILES string of the molecule is C.S=[Se]=S. The van der Waals surface area contributed by atoms with Gasteiger partial charge in [0.15, 0.2) is 0 Å². The van der Waals surface area contributed by atoms with Crippen molar-refractivity contribution < 1.29 is 0 Å². The molecule has 0 radical (unpaired) electrons. The van der Waals surface area contributed by atoms with Crippen LogP contribution in [0.4, 0.5) is 0 Å². The average Bonchev–Trinajstić information content (AvgIpc) is 0.918. The fourth-order valence-corrected chi connectivity index (χ4v) is 0. The van der Waals surface area contributed by atoms with Crippen LogP contribution < -0.4 is 0 Å². The zero-order chi connectivity index (χ0) is 2.71. The van der Waals surface area contributed by atoms with Crippen molar-refractivity contribution in [3.8, 4) is 0 Å². The van der Waals surface area contributed by atoms with Gasteiger partial charge in [0.25, 0.3) is 0 Å². The third-order valence-corrected chi connectivity index (χ3v) is 0. The quantitative estimate of drug-likeness (QED) is 0.492. The van der Waals surface area contributed by atoms with Gasteiger partial charge in [0.1, 0.15) is 0 Å². The van der Waals surface area contributed by atoms with Gasteiger partial charge in [-0.1, -0.05) is 7.43 Å². The maximum atomic E-state index is 4.27. The van der Waals surface area contributed by atoms with E-state index in [1.165, 1.54) is 0 Å². The fourth-order valence-electron chi connectivity index (χ4n) is 0. The van der Waals surface area contributed by atoms with Crippen molar-refractivity contribution in [3.05, 3.63) is 0 Å². The summed E-state index contributed by atoms with van der Waals surface area (Å²) < 4.78 is 0. The molecule has 0 nitrogen and oxygen atoms in total. The van der Waals surface area contributed by atoms with Gasteiger partial charge in [0.2, 0.25) is 0 Å². The van der Waals surface area contributed by atoms with E-state index in [2.05, 4.69) is 21.1 Å². The predicted octanol–water partition coefficient (Wildman–Crippen LogP) is 1.55. The van der Waals surface area contributed by atoms with E-state index in [1.807, 2.05) is 0 Å². The molecule has 0 aromatic heterocycles. The molecule has 0 rings (SSSR count). The second-order valence-electron chi connectivity index (χ2n) is 0.0680. The molecule has 0 saturated carbocycles. The van der Waals surface area contributed by atoms with Crippen molar-refractivity contribution in [1.82, 2.24) is 0 Å². The summed E-state index contributed by atoms with van der Waals surface area (Å²) in [5, 5.41) is 0. The molecular formula is CH4S2Se. The molecule has 0 N–H and O–H groups in total. The molecule has 0 saturated heterocycles. The third-order valence-electron chi connectivity index (χ3n) is 0. The van der Waals surface area contributed by atoms with Gasteiger partial charge in [-0.05, 0) is 0 Å². The van der Waals surface area contributed by atoms with Crippen molar-refractivity contribution in [1.29, 1.82) is 0 Å². The number of hydrogen-bond donors (Lipinski definition) is 0. The van der Waals surface area contributed by atoms with Crippen LogP contribution in [0.25, 0.3) is 0 Å². The van der Waals surface area contributed by atoms with Gasteiger partial charge in [-0.3, -0.25) is 0 Å². The molecule has 0 aliphatic rings. The molecule has 0 aliphatic carbocycles. The summed E-state index contributed by atoms with van der Waals surface area (Å²) in [6.45, 7) is 0. The first-order chi connectivity index (χ1) is 1.41. The Kier molecular flexibility index (Phi) is 20.0. The molecule has 0 unspecified atom stereocenters. The zero-order valence-electron chi connectivity index (χ0n) is 1.22. The average molecular weight is 159 g/mol. The van der Waals surface area contributed by atoms with Crippen LogP contribution in [0.15, 0.2) is 0 Å². The summed E-state index contributed by atoms with van der Waals surface area (Å²) in [7, 11) is 8.54. The Labute approximate surface area is 40.5 Å². The van der Waals surface area contributed by atoms with Gasteiger partial charge >= 0.3 is 32.8 Å². The standard InChI is InChI=1S/CH4.S2Se/c;1-3-2/h1H4;. The van der Waals surface area contributed by atoms with Gasteiger partial charge in [-0.15, -0.1) is 0 Å². The monoisotopic (exact) mass is 160 g/mol. The molecule has 0 bridgehead atoms. The fraction of sp³-hybridized carbons (Fsp3) is 1.00. The van der Waals surface area contributed by atoms with Gasteiger partial charge in [0.05, 0.1) is 0 Å². The zero-order valence-corrected chi connectivity index (χ0v) is 4.57. The molecular weight excluding hydrogens is 155 g/mol. The van der Waals surface area contributed by atoms with E-state index in [1.54, 1.807) is 0 Å². The number of hydrogen-bond acceptors (Lipinski definition) is 2. The Bertz CT molecular complexity index is 27.0. The second kappa shape index (κ2) is 9.03. The summed E-state index contributed by atoms with van der Waals surface area (Å²) in [4.78, 5) is 0. The minimum atomic E-state index is 0. The van der Waals surface area contributed by atoms with Crippen molar-refractivity contribution in [2.75, 3.05) is 0 Å². The van der Waals surface area contributed by atoms with E-state index < -0.39 is 0 Å². The molecule has 0 aromatic carbocycles. The first-order valence-corrected chi connectivity index (χ1v) is 5.20. The van der Waals surface area contributed by atoms with E-state index in [-0.39, 0.29) is 19.1 Å². The van der Waals surface area contributed by atoms with Crippen LogP contribution in [-0.4, -0.2) is 11.7 Å². The number of rotatable bonds is 0. The molecule has 0 heterocycles. The van der Waals surface area contributed by atoms with Crippen molar-refractivity contribution in [3.63, 3.8) is 0 Å². The third kappa shape index (κ3) is 12.3. The molecule has 3 heteroatoms. The maximum absolute atomic E-state index is 4.27. The van der Waals surface area contributed by atoms with Crippen LogP contribution in [0.5, 0.6) is 0 Å². The Hall–Kier alpha value is 0.959. The van der Waals surface area contributed by atoms with E-state index >= 15 is 0 Å². The minimum absolute atomic E-state index is 0. The van der Waals surface area contributed by atoms with Crippen molar-refractivity contribution in [2.45, 2.75) is 7.43 Å². The van der Waals surface area contributed by atoms with E-state index in [0.717, 1.165) is 0 Å². The van der Waals surface area contributed by atoms with Crippen LogP contribution >= 0.6 is 21.1 Å². The molecule has 0 atom stereocenters. The molecule has 0 aliphatic heterocycles. The Morgan fingerprint density at radius 2 is 1.25 bits per heavy atom. The first kappa shape index (κ1) is 8.88. The molecule has 0 aromatic rings. The predicted molar refractivity (Wildman–Crippen MR) is 27.7 cm³/mol. The van der Waals surface area contributed by atoms with Gasteiger partial charge in [-0.25, -0.2) is 0 Å². The Morgan fingerprint density at radius 3 is 1.25 bits per heavy atom. The van der Waals surface area contributed by atoms with Gasteiger partial charge < -0.3 is 0 Å². The topological polar surface area (TPSA) is 0 Å². The van der Waals surface area contributed by atoms with Gasteiger partial charge in [-0.2, -0.15) is 0 Å². The van der Waals surface area contributed by atoms with Crippen LogP contribution in [0.1, 0.15) is 7.43 Å². The second-order valence-corrected chi connectivity index (χ2v) is 3.18. The van der Waals surface area contributed by atoms with E-state index in [0.29, 0.717) is 0 Å². The molecule has 26 valence electrons. The van der Waals surface area contributed by atoms with E-state index in [9.17, 15) is 0 Å². The summed E-state index contributed by atoms with van der Waals surface area (Å²) in [6, 6.07) is 0. The van der Waals surface area contributed by atoms with E-state index in [4.69, 9.17) is 0 Å². The molecule has 4 heavy (non-hydrogen) atoms. The van der Waals surface area contributed by atoms with Crippen LogP contribution in [0.3, 0.4) is 0 Å². The summed E-state index contributed by atoms with van der Waals surface area (Å²) in [6.07, 6.45) is 0. The Morgan fingerprint density at radius 1 is 1.25 bits per heavy atom. The molecule has 0 spiro atoms. The summed E-state index contributed by atoms with van der Waals surface area (Å²) >= 11 is 0.0417. The summed E-state index contributed by atoms with van der Waals surface area (Å²) in [5.41, 5.74) is 0. The normalized spacial score (nSPS) is 3.00. The molecule has 0 amide bonds. The van der Waals surface area contributed by atoms with Crippen LogP contribution in [0, 0.1) is 0 Å².